The fourth-order valence-corrected chi connectivity index (χ4v) is 3.44. The van der Waals surface area contributed by atoms with Gasteiger partial charge in [-0.1, -0.05) is 29.8 Å². The highest BCUT2D eigenvalue weighted by Gasteiger charge is 2.21. The molecule has 0 bridgehead atoms. The Kier molecular flexibility index (Phi) is 5.75. The van der Waals surface area contributed by atoms with E-state index in [1.807, 2.05) is 13.8 Å². The molecule has 3 nitrogen and oxygen atoms in total. The molecule has 0 radical (unpaired) electrons. The van der Waals surface area contributed by atoms with E-state index in [1.165, 1.54) is 12.1 Å². The number of alkyl halides is 1. The number of nitrogens with one attached hydrogen (secondary N) is 1. The molecule has 102 valence electrons. The van der Waals surface area contributed by atoms with E-state index in [0.717, 1.165) is 17.5 Å². The van der Waals surface area contributed by atoms with Crippen LogP contribution in [0.3, 0.4) is 0 Å². The van der Waals surface area contributed by atoms with Crippen LogP contribution in [0, 0.1) is 11.7 Å². The summed E-state index contributed by atoms with van der Waals surface area (Å²) in [6, 6.07) is 4.68. The Bertz CT molecular complexity index is 473. The van der Waals surface area contributed by atoms with E-state index >= 15 is 0 Å². The second-order valence-corrected chi connectivity index (χ2v) is 6.91. The van der Waals surface area contributed by atoms with Crippen LogP contribution in [0.2, 0.25) is 0 Å². The molecule has 18 heavy (non-hydrogen) atoms. The smallest absolute Gasteiger partial charge is 0.208 e. The van der Waals surface area contributed by atoms with E-state index in [-0.39, 0.29) is 16.9 Å². The Morgan fingerprint density at radius 1 is 1.28 bits per heavy atom. The summed E-state index contributed by atoms with van der Waals surface area (Å²) in [5.74, 6) is -0.257. The Morgan fingerprint density at radius 2 is 1.83 bits per heavy atom. The number of sulfonamides is 1. The highest BCUT2D eigenvalue weighted by molar-refractivity contribution is 9.09. The van der Waals surface area contributed by atoms with Gasteiger partial charge in [-0.2, -0.15) is 0 Å². The van der Waals surface area contributed by atoms with Gasteiger partial charge in [-0.25, -0.2) is 17.5 Å². The molecule has 1 N–H and O–H groups in total. The minimum Gasteiger partial charge on any atom is -0.208 e. The first kappa shape index (κ1) is 15.6. The average Bonchev–Trinajstić information content (AvgIpc) is 2.28. The lowest BCUT2D eigenvalue weighted by molar-refractivity contribution is 0.440. The minimum atomic E-state index is -3.58. The second kappa shape index (κ2) is 6.63. The summed E-state index contributed by atoms with van der Waals surface area (Å²) in [5, 5.41) is 0.724. The number of rotatable bonds is 6. The first-order valence-corrected chi connectivity index (χ1v) is 8.31. The van der Waals surface area contributed by atoms with Crippen molar-refractivity contribution in [3.8, 4) is 0 Å². The number of hydrogen-bond donors (Lipinski definition) is 1. The monoisotopic (exact) mass is 337 g/mol. The summed E-state index contributed by atoms with van der Waals surface area (Å²) in [4.78, 5) is 0.0872. The molecule has 1 atom stereocenters. The molecule has 1 rings (SSSR count). The van der Waals surface area contributed by atoms with Gasteiger partial charge in [0.2, 0.25) is 10.0 Å². The maximum absolute atomic E-state index is 12.8. The van der Waals surface area contributed by atoms with Crippen LogP contribution in [0.25, 0.3) is 0 Å². The lowest BCUT2D eigenvalue weighted by atomic mass is 10.0. The zero-order chi connectivity index (χ0) is 13.8. The van der Waals surface area contributed by atoms with Crippen LogP contribution in [0.4, 0.5) is 4.39 Å². The predicted octanol–water partition coefficient (Wildman–Crippen LogP) is 2.91. The van der Waals surface area contributed by atoms with Crippen molar-refractivity contribution in [1.82, 2.24) is 4.72 Å². The molecule has 0 heterocycles. The number of benzene rings is 1. The first-order chi connectivity index (χ1) is 8.36. The quantitative estimate of drug-likeness (QED) is 0.811. The Morgan fingerprint density at radius 3 is 2.28 bits per heavy atom. The minimum absolute atomic E-state index is 0.0872. The Balaban J connectivity index is 2.89. The maximum Gasteiger partial charge on any atom is 0.240 e. The summed E-state index contributed by atoms with van der Waals surface area (Å²) in [6.45, 7) is 3.92. The summed E-state index contributed by atoms with van der Waals surface area (Å²) >= 11 is 3.31. The Labute approximate surface area is 116 Å². The third-order valence-electron chi connectivity index (χ3n) is 2.66. The molecule has 0 amide bonds. The van der Waals surface area contributed by atoms with Gasteiger partial charge in [0.15, 0.2) is 0 Å². The van der Waals surface area contributed by atoms with Crippen LogP contribution < -0.4 is 4.72 Å². The van der Waals surface area contributed by atoms with Gasteiger partial charge in [-0.15, -0.1) is 0 Å². The molecule has 1 aromatic carbocycles. The molecule has 0 aliphatic heterocycles. The SMILES string of the molecule is CC(C)C(CCBr)NS(=O)(=O)c1ccc(F)cc1. The van der Waals surface area contributed by atoms with Gasteiger partial charge < -0.3 is 0 Å². The van der Waals surface area contributed by atoms with Gasteiger partial charge >= 0.3 is 0 Å². The molecular formula is C12H17BrFNO2S. The van der Waals surface area contributed by atoms with Crippen molar-refractivity contribution in [2.45, 2.75) is 31.2 Å². The molecule has 0 spiro atoms. The molecule has 0 aliphatic carbocycles. The van der Waals surface area contributed by atoms with Crippen molar-refractivity contribution in [3.05, 3.63) is 30.1 Å². The molecule has 0 fully saturated rings. The third-order valence-corrected chi connectivity index (χ3v) is 4.62. The zero-order valence-corrected chi connectivity index (χ0v) is 12.8. The average molecular weight is 338 g/mol. The van der Waals surface area contributed by atoms with Crippen LogP contribution in [-0.2, 0) is 10.0 Å². The van der Waals surface area contributed by atoms with Gasteiger partial charge in [-0.05, 0) is 36.6 Å². The predicted molar refractivity (Wildman–Crippen MR) is 73.8 cm³/mol. The van der Waals surface area contributed by atoms with Gasteiger partial charge in [0.05, 0.1) is 4.90 Å². The molecule has 1 aromatic rings. The van der Waals surface area contributed by atoms with Crippen molar-refractivity contribution in [2.24, 2.45) is 5.92 Å². The van der Waals surface area contributed by atoms with E-state index in [0.29, 0.717) is 6.42 Å². The Hall–Kier alpha value is -0.460. The van der Waals surface area contributed by atoms with Crippen molar-refractivity contribution >= 4 is 26.0 Å². The van der Waals surface area contributed by atoms with Crippen molar-refractivity contribution in [2.75, 3.05) is 5.33 Å². The van der Waals surface area contributed by atoms with E-state index < -0.39 is 15.8 Å². The van der Waals surface area contributed by atoms with Crippen LogP contribution in [0.1, 0.15) is 20.3 Å². The molecule has 6 heteroatoms. The van der Waals surface area contributed by atoms with Crippen LogP contribution >= 0.6 is 15.9 Å². The standard InChI is InChI=1S/C12H17BrFNO2S/c1-9(2)12(7-8-13)15-18(16,17)11-5-3-10(14)4-6-11/h3-6,9,12,15H,7-8H2,1-2H3. The summed E-state index contributed by atoms with van der Waals surface area (Å²) in [5.41, 5.74) is 0. The number of halogens is 2. The first-order valence-electron chi connectivity index (χ1n) is 5.70. The van der Waals surface area contributed by atoms with Crippen LogP contribution in [-0.4, -0.2) is 19.8 Å². The molecule has 0 aliphatic rings. The third kappa shape index (κ3) is 4.33. The normalized spacial score (nSPS) is 13.8. The highest BCUT2D eigenvalue weighted by atomic mass is 79.9. The summed E-state index contributed by atoms with van der Waals surface area (Å²) < 4.78 is 39.6. The molecule has 0 aromatic heterocycles. The van der Waals surface area contributed by atoms with Crippen LogP contribution in [0.5, 0.6) is 0 Å². The van der Waals surface area contributed by atoms with E-state index in [9.17, 15) is 12.8 Å². The van der Waals surface area contributed by atoms with E-state index in [4.69, 9.17) is 0 Å². The fourth-order valence-electron chi connectivity index (χ4n) is 1.53. The largest absolute Gasteiger partial charge is 0.240 e. The lowest BCUT2D eigenvalue weighted by Crippen LogP contribution is -2.38. The van der Waals surface area contributed by atoms with E-state index in [1.54, 1.807) is 0 Å². The van der Waals surface area contributed by atoms with E-state index in [2.05, 4.69) is 20.7 Å². The summed E-state index contributed by atoms with van der Waals surface area (Å²) in [6.07, 6.45) is 0.706. The van der Waals surface area contributed by atoms with Crippen LogP contribution in [0.15, 0.2) is 29.2 Å². The fraction of sp³-hybridized carbons (Fsp3) is 0.500. The topological polar surface area (TPSA) is 46.2 Å². The van der Waals surface area contributed by atoms with Crippen molar-refractivity contribution < 1.29 is 12.8 Å². The maximum atomic E-state index is 12.8. The zero-order valence-electron chi connectivity index (χ0n) is 10.4. The lowest BCUT2D eigenvalue weighted by Gasteiger charge is -2.21. The van der Waals surface area contributed by atoms with Gasteiger partial charge in [0.1, 0.15) is 5.82 Å². The van der Waals surface area contributed by atoms with Crippen molar-refractivity contribution in [3.63, 3.8) is 0 Å². The second-order valence-electron chi connectivity index (χ2n) is 4.40. The summed E-state index contributed by atoms with van der Waals surface area (Å²) in [7, 11) is -3.58. The van der Waals surface area contributed by atoms with Gasteiger partial charge in [0.25, 0.3) is 0 Å². The number of hydrogen-bond acceptors (Lipinski definition) is 2. The van der Waals surface area contributed by atoms with Gasteiger partial charge in [-0.3, -0.25) is 0 Å². The highest BCUT2D eigenvalue weighted by Crippen LogP contribution is 2.14. The van der Waals surface area contributed by atoms with Gasteiger partial charge in [0, 0.05) is 11.4 Å². The molecule has 1 unspecified atom stereocenters. The molecule has 0 saturated carbocycles. The molecule has 0 saturated heterocycles. The van der Waals surface area contributed by atoms with Crippen molar-refractivity contribution in [1.29, 1.82) is 0 Å². The molecular weight excluding hydrogens is 321 g/mol.